The molecule has 1 aromatic heterocycles. The largest absolute Gasteiger partial charge is 0.493 e. The molecule has 6 heteroatoms. The minimum absolute atomic E-state index is 0.190. The normalized spacial score (nSPS) is 10.2. The summed E-state index contributed by atoms with van der Waals surface area (Å²) in [6, 6.07) is 16.9. The second-order valence-corrected chi connectivity index (χ2v) is 6.30. The van der Waals surface area contributed by atoms with E-state index in [2.05, 4.69) is 15.6 Å². The second kappa shape index (κ2) is 8.90. The molecule has 0 radical (unpaired) electrons. The molecule has 3 aromatic rings. The van der Waals surface area contributed by atoms with E-state index in [0.717, 1.165) is 16.8 Å². The van der Waals surface area contributed by atoms with Crippen LogP contribution in [0.4, 0.5) is 11.5 Å². The maximum atomic E-state index is 12.3. The van der Waals surface area contributed by atoms with Crippen LogP contribution in [0.1, 0.15) is 21.5 Å². The van der Waals surface area contributed by atoms with Gasteiger partial charge in [0, 0.05) is 18.4 Å². The molecule has 0 atom stereocenters. The average molecular weight is 377 g/mol. The summed E-state index contributed by atoms with van der Waals surface area (Å²) in [4.78, 5) is 16.7. The Morgan fingerprint density at radius 2 is 1.82 bits per heavy atom. The van der Waals surface area contributed by atoms with E-state index in [-0.39, 0.29) is 5.91 Å². The van der Waals surface area contributed by atoms with Crippen LogP contribution in [0.15, 0.2) is 60.8 Å². The first-order chi connectivity index (χ1) is 13.6. The van der Waals surface area contributed by atoms with Crippen molar-refractivity contribution in [1.29, 1.82) is 0 Å². The molecule has 2 N–H and O–H groups in total. The van der Waals surface area contributed by atoms with Gasteiger partial charge < -0.3 is 20.1 Å². The highest BCUT2D eigenvalue weighted by Gasteiger charge is 2.08. The number of amides is 1. The van der Waals surface area contributed by atoms with E-state index in [1.807, 2.05) is 49.4 Å². The van der Waals surface area contributed by atoms with Crippen molar-refractivity contribution in [3.8, 4) is 11.5 Å². The number of rotatable bonds is 7. The Morgan fingerprint density at radius 3 is 2.50 bits per heavy atom. The van der Waals surface area contributed by atoms with Crippen molar-refractivity contribution in [2.75, 3.05) is 24.9 Å². The molecule has 144 valence electrons. The van der Waals surface area contributed by atoms with Crippen molar-refractivity contribution in [2.24, 2.45) is 0 Å². The fourth-order valence-electron chi connectivity index (χ4n) is 2.74. The first-order valence-electron chi connectivity index (χ1n) is 8.88. The van der Waals surface area contributed by atoms with Gasteiger partial charge in [-0.05, 0) is 54.4 Å². The van der Waals surface area contributed by atoms with Crippen LogP contribution in [0, 0.1) is 6.92 Å². The van der Waals surface area contributed by atoms with Crippen molar-refractivity contribution >= 4 is 17.4 Å². The Kier molecular flexibility index (Phi) is 6.11. The Morgan fingerprint density at radius 1 is 1.00 bits per heavy atom. The number of aromatic nitrogens is 1. The number of ether oxygens (including phenoxy) is 2. The fourth-order valence-corrected chi connectivity index (χ4v) is 2.74. The summed E-state index contributed by atoms with van der Waals surface area (Å²) in [5.41, 5.74) is 3.38. The Balaban J connectivity index is 1.60. The minimum atomic E-state index is -0.190. The third-order valence-electron chi connectivity index (χ3n) is 4.22. The SMILES string of the molecule is COc1ccc(CNc2ccc(C(=O)Nc3cccc(C)c3)cn2)cc1OC. The molecule has 0 fully saturated rings. The van der Waals surface area contributed by atoms with Gasteiger partial charge in [0.15, 0.2) is 11.5 Å². The number of nitrogens with zero attached hydrogens (tertiary/aromatic N) is 1. The van der Waals surface area contributed by atoms with E-state index >= 15 is 0 Å². The number of benzene rings is 2. The Labute approximate surface area is 164 Å². The van der Waals surface area contributed by atoms with Gasteiger partial charge in [-0.2, -0.15) is 0 Å². The predicted molar refractivity (Wildman–Crippen MR) is 110 cm³/mol. The number of nitrogens with one attached hydrogen (secondary N) is 2. The first-order valence-corrected chi connectivity index (χ1v) is 8.88. The van der Waals surface area contributed by atoms with Gasteiger partial charge in [-0.15, -0.1) is 0 Å². The zero-order chi connectivity index (χ0) is 19.9. The van der Waals surface area contributed by atoms with Crippen molar-refractivity contribution < 1.29 is 14.3 Å². The summed E-state index contributed by atoms with van der Waals surface area (Å²) in [5, 5.41) is 6.11. The molecule has 6 nitrogen and oxygen atoms in total. The first kappa shape index (κ1) is 19.2. The maximum Gasteiger partial charge on any atom is 0.257 e. The molecule has 3 rings (SSSR count). The van der Waals surface area contributed by atoms with E-state index in [4.69, 9.17) is 9.47 Å². The number of pyridine rings is 1. The summed E-state index contributed by atoms with van der Waals surface area (Å²) in [5.74, 6) is 1.86. The van der Waals surface area contributed by atoms with E-state index in [1.54, 1.807) is 32.5 Å². The smallest absolute Gasteiger partial charge is 0.257 e. The van der Waals surface area contributed by atoms with Crippen LogP contribution in [0.25, 0.3) is 0 Å². The molecule has 1 heterocycles. The van der Waals surface area contributed by atoms with Gasteiger partial charge in [0.2, 0.25) is 0 Å². The lowest BCUT2D eigenvalue weighted by Gasteiger charge is -2.11. The second-order valence-electron chi connectivity index (χ2n) is 6.30. The molecule has 0 aliphatic rings. The zero-order valence-electron chi connectivity index (χ0n) is 16.2. The monoisotopic (exact) mass is 377 g/mol. The molecule has 0 spiro atoms. The molecule has 0 bridgehead atoms. The standard InChI is InChI=1S/C22H23N3O3/c1-15-5-4-6-18(11-15)25-22(26)17-8-10-21(24-14-17)23-13-16-7-9-19(27-2)20(12-16)28-3/h4-12,14H,13H2,1-3H3,(H,23,24)(H,25,26). The van der Waals surface area contributed by atoms with Crippen molar-refractivity contribution in [3.05, 3.63) is 77.5 Å². The molecular weight excluding hydrogens is 354 g/mol. The Bertz CT molecular complexity index is 955. The lowest BCUT2D eigenvalue weighted by molar-refractivity contribution is 0.102. The van der Waals surface area contributed by atoms with E-state index < -0.39 is 0 Å². The van der Waals surface area contributed by atoms with Crippen LogP contribution >= 0.6 is 0 Å². The number of anilines is 2. The van der Waals surface area contributed by atoms with Gasteiger partial charge in [-0.1, -0.05) is 18.2 Å². The van der Waals surface area contributed by atoms with Crippen molar-refractivity contribution in [3.63, 3.8) is 0 Å². The molecule has 0 saturated heterocycles. The van der Waals surface area contributed by atoms with E-state index in [0.29, 0.717) is 29.4 Å². The molecule has 0 aliphatic carbocycles. The van der Waals surface area contributed by atoms with Crippen molar-refractivity contribution in [1.82, 2.24) is 4.98 Å². The number of carbonyl (C=O) groups is 1. The van der Waals surface area contributed by atoms with Gasteiger partial charge in [0.05, 0.1) is 19.8 Å². The van der Waals surface area contributed by atoms with Gasteiger partial charge in [0.25, 0.3) is 5.91 Å². The predicted octanol–water partition coefficient (Wildman–Crippen LogP) is 4.27. The third kappa shape index (κ3) is 4.79. The molecule has 2 aromatic carbocycles. The highest BCUT2D eigenvalue weighted by atomic mass is 16.5. The number of hydrogen-bond donors (Lipinski definition) is 2. The van der Waals surface area contributed by atoms with Crippen LogP contribution < -0.4 is 20.1 Å². The molecule has 0 unspecified atom stereocenters. The lowest BCUT2D eigenvalue weighted by Crippen LogP contribution is -2.12. The Hall–Kier alpha value is -3.54. The van der Waals surface area contributed by atoms with Gasteiger partial charge in [-0.3, -0.25) is 4.79 Å². The fraction of sp³-hybridized carbons (Fsp3) is 0.182. The summed E-state index contributed by atoms with van der Waals surface area (Å²) < 4.78 is 10.6. The van der Waals surface area contributed by atoms with Gasteiger partial charge in [-0.25, -0.2) is 4.98 Å². The number of methoxy groups -OCH3 is 2. The van der Waals surface area contributed by atoms with Crippen LogP contribution in [-0.2, 0) is 6.54 Å². The molecule has 0 saturated carbocycles. The molecule has 28 heavy (non-hydrogen) atoms. The quantitative estimate of drug-likeness (QED) is 0.643. The van der Waals surface area contributed by atoms with Crippen LogP contribution in [0.5, 0.6) is 11.5 Å². The van der Waals surface area contributed by atoms with Gasteiger partial charge in [0.1, 0.15) is 5.82 Å². The summed E-state index contributed by atoms with van der Waals surface area (Å²) in [6.45, 7) is 2.55. The maximum absolute atomic E-state index is 12.3. The highest BCUT2D eigenvalue weighted by molar-refractivity contribution is 6.04. The van der Waals surface area contributed by atoms with E-state index in [9.17, 15) is 4.79 Å². The summed E-state index contributed by atoms with van der Waals surface area (Å²) in [7, 11) is 3.22. The summed E-state index contributed by atoms with van der Waals surface area (Å²) in [6.07, 6.45) is 1.56. The number of hydrogen-bond acceptors (Lipinski definition) is 5. The average Bonchev–Trinajstić information content (AvgIpc) is 2.72. The van der Waals surface area contributed by atoms with E-state index in [1.165, 1.54) is 0 Å². The molecule has 1 amide bonds. The van der Waals surface area contributed by atoms with Gasteiger partial charge >= 0.3 is 0 Å². The molecular formula is C22H23N3O3. The number of carbonyl (C=O) groups excluding carboxylic acids is 1. The third-order valence-corrected chi connectivity index (χ3v) is 4.22. The van der Waals surface area contributed by atoms with Crippen molar-refractivity contribution in [2.45, 2.75) is 13.5 Å². The molecule has 0 aliphatic heterocycles. The van der Waals surface area contributed by atoms with Crippen LogP contribution in [0.2, 0.25) is 0 Å². The zero-order valence-corrected chi connectivity index (χ0v) is 16.2. The topological polar surface area (TPSA) is 72.5 Å². The highest BCUT2D eigenvalue weighted by Crippen LogP contribution is 2.27. The van der Waals surface area contributed by atoms with Crippen LogP contribution in [-0.4, -0.2) is 25.1 Å². The van der Waals surface area contributed by atoms with Crippen LogP contribution in [0.3, 0.4) is 0 Å². The number of aryl methyl sites for hydroxylation is 1. The minimum Gasteiger partial charge on any atom is -0.493 e. The lowest BCUT2D eigenvalue weighted by atomic mass is 10.2. The summed E-state index contributed by atoms with van der Waals surface area (Å²) >= 11 is 0.